The van der Waals surface area contributed by atoms with Crippen LogP contribution in [-0.4, -0.2) is 35.3 Å². The number of aliphatic hydroxyl groups is 1. The quantitative estimate of drug-likeness (QED) is 0.706. The lowest BCUT2D eigenvalue weighted by Gasteiger charge is -2.28. The Morgan fingerprint density at radius 2 is 1.88 bits per heavy atom. The maximum atomic E-state index is 10.5. The van der Waals surface area contributed by atoms with Gasteiger partial charge in [0.2, 0.25) is 0 Å². The van der Waals surface area contributed by atoms with E-state index in [-0.39, 0.29) is 0 Å². The second kappa shape index (κ2) is 7.57. The molecule has 2 N–H and O–H groups in total. The number of hydrogen-bond donors (Lipinski definition) is 2. The molecule has 1 fully saturated rings. The zero-order valence-corrected chi connectivity index (χ0v) is 11.6. The third kappa shape index (κ3) is 5.55. The van der Waals surface area contributed by atoms with Crippen LogP contribution in [0.5, 0.6) is 0 Å². The van der Waals surface area contributed by atoms with E-state index in [9.17, 15) is 5.11 Å². The summed E-state index contributed by atoms with van der Waals surface area (Å²) in [6.45, 7) is 3.00. The highest BCUT2D eigenvalue weighted by atomic mass is 32.2. The Bertz CT molecular complexity index is 179. The number of hydrogen-bond acceptors (Lipinski definition) is 3. The van der Waals surface area contributed by atoms with Gasteiger partial charge in [0.05, 0.1) is 5.60 Å². The third-order valence-corrected chi connectivity index (χ3v) is 4.21. The molecule has 0 aliphatic heterocycles. The van der Waals surface area contributed by atoms with E-state index in [0.717, 1.165) is 19.4 Å². The van der Waals surface area contributed by atoms with E-state index in [4.69, 9.17) is 0 Å². The summed E-state index contributed by atoms with van der Waals surface area (Å²) in [4.78, 5) is 0. The van der Waals surface area contributed by atoms with Crippen molar-refractivity contribution in [3.8, 4) is 0 Å². The molecular formula is C13H27NOS. The van der Waals surface area contributed by atoms with Crippen LogP contribution in [0.15, 0.2) is 0 Å². The van der Waals surface area contributed by atoms with Gasteiger partial charge in [0, 0.05) is 12.6 Å². The molecule has 1 aliphatic rings. The van der Waals surface area contributed by atoms with E-state index in [1.54, 1.807) is 0 Å². The average Bonchev–Trinajstić information content (AvgIpc) is 2.49. The lowest BCUT2D eigenvalue weighted by Crippen LogP contribution is -2.43. The molecule has 16 heavy (non-hydrogen) atoms. The molecule has 2 nitrogen and oxygen atoms in total. The molecule has 0 heterocycles. The first kappa shape index (κ1) is 14.3. The summed E-state index contributed by atoms with van der Waals surface area (Å²) in [5, 5.41) is 13.9. The molecule has 0 saturated heterocycles. The van der Waals surface area contributed by atoms with Gasteiger partial charge in [-0.3, -0.25) is 0 Å². The molecule has 0 aromatic carbocycles. The Morgan fingerprint density at radius 3 is 2.44 bits per heavy atom. The minimum Gasteiger partial charge on any atom is -0.389 e. The highest BCUT2D eigenvalue weighted by molar-refractivity contribution is 7.98. The van der Waals surface area contributed by atoms with Crippen LogP contribution in [0.1, 0.15) is 51.9 Å². The highest BCUT2D eigenvalue weighted by Crippen LogP contribution is 2.26. The van der Waals surface area contributed by atoms with Gasteiger partial charge < -0.3 is 10.4 Å². The van der Waals surface area contributed by atoms with Crippen molar-refractivity contribution in [1.29, 1.82) is 0 Å². The predicted molar refractivity (Wildman–Crippen MR) is 73.1 cm³/mol. The van der Waals surface area contributed by atoms with Gasteiger partial charge >= 0.3 is 0 Å². The number of nitrogens with one attached hydrogen (secondary N) is 1. The van der Waals surface area contributed by atoms with Crippen LogP contribution < -0.4 is 5.32 Å². The molecular weight excluding hydrogens is 218 g/mol. The van der Waals surface area contributed by atoms with Crippen molar-refractivity contribution in [2.24, 2.45) is 0 Å². The van der Waals surface area contributed by atoms with Crippen molar-refractivity contribution in [3.05, 3.63) is 0 Å². The summed E-state index contributed by atoms with van der Waals surface area (Å²) in [6, 6.07) is 0.528. The van der Waals surface area contributed by atoms with Crippen LogP contribution in [0, 0.1) is 0 Å². The second-order valence-electron chi connectivity index (χ2n) is 5.20. The summed E-state index contributed by atoms with van der Waals surface area (Å²) in [7, 11) is 0. The summed E-state index contributed by atoms with van der Waals surface area (Å²) in [5.74, 6) is 1.20. The van der Waals surface area contributed by atoms with Gasteiger partial charge in [0.25, 0.3) is 0 Å². The maximum Gasteiger partial charge on any atom is 0.0771 e. The SMILES string of the molecule is CSCCC(C)NCC1(O)CCCCCC1. The Kier molecular flexibility index (Phi) is 6.78. The van der Waals surface area contributed by atoms with Crippen LogP contribution in [-0.2, 0) is 0 Å². The van der Waals surface area contributed by atoms with E-state index < -0.39 is 5.60 Å². The van der Waals surface area contributed by atoms with Crippen LogP contribution >= 0.6 is 11.8 Å². The van der Waals surface area contributed by atoms with E-state index >= 15 is 0 Å². The van der Waals surface area contributed by atoms with Crippen molar-refractivity contribution in [2.45, 2.75) is 63.5 Å². The van der Waals surface area contributed by atoms with E-state index in [2.05, 4.69) is 18.5 Å². The lowest BCUT2D eigenvalue weighted by molar-refractivity contribution is 0.0231. The average molecular weight is 245 g/mol. The topological polar surface area (TPSA) is 32.3 Å². The van der Waals surface area contributed by atoms with Crippen LogP contribution in [0.4, 0.5) is 0 Å². The molecule has 3 heteroatoms. The van der Waals surface area contributed by atoms with Crippen LogP contribution in [0.25, 0.3) is 0 Å². The molecule has 1 saturated carbocycles. The summed E-state index contributed by atoms with van der Waals surface area (Å²) in [6.07, 6.45) is 10.3. The van der Waals surface area contributed by atoms with Gasteiger partial charge in [-0.15, -0.1) is 0 Å². The Labute approximate surface area is 105 Å². The van der Waals surface area contributed by atoms with Crippen molar-refractivity contribution < 1.29 is 5.11 Å². The molecule has 0 aromatic heterocycles. The molecule has 1 atom stereocenters. The molecule has 1 unspecified atom stereocenters. The van der Waals surface area contributed by atoms with E-state index in [1.165, 1.54) is 37.9 Å². The second-order valence-corrected chi connectivity index (χ2v) is 6.19. The maximum absolute atomic E-state index is 10.5. The van der Waals surface area contributed by atoms with Crippen LogP contribution in [0.3, 0.4) is 0 Å². The zero-order valence-electron chi connectivity index (χ0n) is 10.8. The lowest BCUT2D eigenvalue weighted by atomic mass is 9.94. The standard InChI is InChI=1S/C13H27NOS/c1-12(7-10-16-2)14-11-13(15)8-5-3-4-6-9-13/h12,14-15H,3-11H2,1-2H3. The van der Waals surface area contributed by atoms with Crippen molar-refractivity contribution >= 4 is 11.8 Å². The molecule has 0 bridgehead atoms. The first-order valence-corrected chi connectivity index (χ1v) is 8.00. The largest absolute Gasteiger partial charge is 0.389 e. The zero-order chi connectivity index (χ0) is 11.9. The van der Waals surface area contributed by atoms with Crippen molar-refractivity contribution in [3.63, 3.8) is 0 Å². The molecule has 96 valence electrons. The first-order valence-electron chi connectivity index (χ1n) is 6.61. The number of thioether (sulfide) groups is 1. The normalized spacial score (nSPS) is 22.7. The number of rotatable bonds is 6. The summed E-state index contributed by atoms with van der Waals surface area (Å²) in [5.41, 5.74) is -0.426. The van der Waals surface area contributed by atoms with Gasteiger partial charge in [0.15, 0.2) is 0 Å². The van der Waals surface area contributed by atoms with Gasteiger partial charge in [-0.2, -0.15) is 11.8 Å². The highest BCUT2D eigenvalue weighted by Gasteiger charge is 2.27. The van der Waals surface area contributed by atoms with Crippen molar-refractivity contribution in [1.82, 2.24) is 5.32 Å². The molecule has 0 radical (unpaired) electrons. The Morgan fingerprint density at radius 1 is 1.25 bits per heavy atom. The minimum absolute atomic E-state index is 0.426. The van der Waals surface area contributed by atoms with Gasteiger partial charge in [0.1, 0.15) is 0 Å². The van der Waals surface area contributed by atoms with E-state index in [0.29, 0.717) is 6.04 Å². The Hall–Kier alpha value is 0.270. The third-order valence-electron chi connectivity index (χ3n) is 3.57. The van der Waals surface area contributed by atoms with Gasteiger partial charge in [-0.05, 0) is 38.2 Å². The smallest absolute Gasteiger partial charge is 0.0771 e. The summed E-state index contributed by atoms with van der Waals surface area (Å²) >= 11 is 1.89. The molecule has 0 aromatic rings. The van der Waals surface area contributed by atoms with Crippen molar-refractivity contribution in [2.75, 3.05) is 18.6 Å². The van der Waals surface area contributed by atoms with E-state index in [1.807, 2.05) is 11.8 Å². The van der Waals surface area contributed by atoms with Gasteiger partial charge in [-0.25, -0.2) is 0 Å². The Balaban J connectivity index is 2.23. The molecule has 1 aliphatic carbocycles. The molecule has 0 spiro atoms. The fourth-order valence-electron chi connectivity index (χ4n) is 2.32. The predicted octanol–water partition coefficient (Wildman–Crippen LogP) is 2.80. The fourth-order valence-corrected chi connectivity index (χ4v) is 2.91. The molecule has 1 rings (SSSR count). The first-order chi connectivity index (χ1) is 7.66. The monoisotopic (exact) mass is 245 g/mol. The fraction of sp³-hybridized carbons (Fsp3) is 1.00. The van der Waals surface area contributed by atoms with Gasteiger partial charge in [-0.1, -0.05) is 25.7 Å². The van der Waals surface area contributed by atoms with Crippen LogP contribution in [0.2, 0.25) is 0 Å². The summed E-state index contributed by atoms with van der Waals surface area (Å²) < 4.78 is 0. The molecule has 0 amide bonds. The minimum atomic E-state index is -0.426.